The Labute approximate surface area is 149 Å². The molecule has 2 heterocycles. The number of amides is 2. The topological polar surface area (TPSA) is 106 Å². The van der Waals surface area contributed by atoms with E-state index in [9.17, 15) is 19.7 Å². The van der Waals surface area contributed by atoms with E-state index in [1.54, 1.807) is 29.2 Å². The lowest BCUT2D eigenvalue weighted by atomic mass is 10.1. The first kappa shape index (κ1) is 17.7. The molecule has 0 aliphatic carbocycles. The van der Waals surface area contributed by atoms with Crippen molar-refractivity contribution >= 4 is 23.4 Å². The molecule has 8 heteroatoms. The van der Waals surface area contributed by atoms with Crippen molar-refractivity contribution in [3.8, 4) is 0 Å². The van der Waals surface area contributed by atoms with Crippen LogP contribution >= 0.6 is 0 Å². The molecule has 1 N–H and O–H groups in total. The molecule has 1 saturated heterocycles. The maximum atomic E-state index is 12.8. The van der Waals surface area contributed by atoms with Crippen molar-refractivity contribution in [1.82, 2.24) is 4.90 Å². The Hall–Kier alpha value is -3.16. The van der Waals surface area contributed by atoms with Gasteiger partial charge in [-0.25, -0.2) is 0 Å². The SMILES string of the molecule is O=C(Nc1ccccc1C(=O)N1CCCCCC1)c1ccc([N+](=O)[O-])o1. The van der Waals surface area contributed by atoms with Gasteiger partial charge in [0, 0.05) is 13.1 Å². The quantitative estimate of drug-likeness (QED) is 0.666. The Morgan fingerprint density at radius 1 is 1.04 bits per heavy atom. The van der Waals surface area contributed by atoms with Gasteiger partial charge < -0.3 is 14.6 Å². The number of para-hydroxylation sites is 1. The fourth-order valence-electron chi connectivity index (χ4n) is 2.95. The molecule has 1 aliphatic heterocycles. The average molecular weight is 357 g/mol. The van der Waals surface area contributed by atoms with E-state index in [0.717, 1.165) is 31.7 Å². The summed E-state index contributed by atoms with van der Waals surface area (Å²) in [5.74, 6) is -1.47. The monoisotopic (exact) mass is 357 g/mol. The molecule has 0 atom stereocenters. The summed E-state index contributed by atoms with van der Waals surface area (Å²) >= 11 is 0. The number of rotatable bonds is 4. The van der Waals surface area contributed by atoms with Gasteiger partial charge in [-0.05, 0) is 31.0 Å². The van der Waals surface area contributed by atoms with Crippen LogP contribution in [-0.2, 0) is 0 Å². The van der Waals surface area contributed by atoms with Crippen LogP contribution in [0.3, 0.4) is 0 Å². The number of hydrogen-bond donors (Lipinski definition) is 1. The molecular formula is C18H19N3O5. The van der Waals surface area contributed by atoms with Gasteiger partial charge in [-0.15, -0.1) is 0 Å². The summed E-state index contributed by atoms with van der Waals surface area (Å²) in [4.78, 5) is 36.9. The number of furan rings is 1. The van der Waals surface area contributed by atoms with E-state index in [4.69, 9.17) is 4.42 Å². The zero-order valence-electron chi connectivity index (χ0n) is 14.1. The number of anilines is 1. The largest absolute Gasteiger partial charge is 0.433 e. The van der Waals surface area contributed by atoms with E-state index in [2.05, 4.69) is 5.32 Å². The lowest BCUT2D eigenvalue weighted by Crippen LogP contribution is -2.32. The minimum Gasteiger partial charge on any atom is -0.395 e. The number of nitrogens with zero attached hydrogens (tertiary/aromatic N) is 2. The number of carbonyl (C=O) groups is 2. The molecular weight excluding hydrogens is 338 g/mol. The third-order valence-electron chi connectivity index (χ3n) is 4.29. The van der Waals surface area contributed by atoms with Gasteiger partial charge in [-0.3, -0.25) is 19.7 Å². The van der Waals surface area contributed by atoms with Gasteiger partial charge in [0.2, 0.25) is 0 Å². The molecule has 1 aliphatic rings. The Kier molecular flexibility index (Phi) is 5.31. The summed E-state index contributed by atoms with van der Waals surface area (Å²) in [7, 11) is 0. The van der Waals surface area contributed by atoms with Gasteiger partial charge in [0.1, 0.15) is 4.92 Å². The van der Waals surface area contributed by atoms with E-state index in [-0.39, 0.29) is 11.7 Å². The van der Waals surface area contributed by atoms with Crippen LogP contribution in [0.1, 0.15) is 46.6 Å². The second-order valence-corrected chi connectivity index (χ2v) is 6.10. The minimum absolute atomic E-state index is 0.131. The van der Waals surface area contributed by atoms with E-state index in [1.165, 1.54) is 6.07 Å². The Morgan fingerprint density at radius 3 is 2.38 bits per heavy atom. The smallest absolute Gasteiger partial charge is 0.395 e. The number of nitro groups is 1. The molecule has 1 aromatic carbocycles. The van der Waals surface area contributed by atoms with Crippen molar-refractivity contribution in [3.05, 3.63) is 57.8 Å². The Morgan fingerprint density at radius 2 is 1.73 bits per heavy atom. The number of likely N-dealkylation sites (tertiary alicyclic amines) is 1. The molecule has 1 aromatic heterocycles. The molecule has 26 heavy (non-hydrogen) atoms. The van der Waals surface area contributed by atoms with Crippen LogP contribution < -0.4 is 5.32 Å². The summed E-state index contributed by atoms with van der Waals surface area (Å²) in [5.41, 5.74) is 0.745. The maximum absolute atomic E-state index is 12.8. The summed E-state index contributed by atoms with van der Waals surface area (Å²) in [6, 6.07) is 9.07. The first-order valence-electron chi connectivity index (χ1n) is 8.50. The zero-order valence-corrected chi connectivity index (χ0v) is 14.1. The van der Waals surface area contributed by atoms with Gasteiger partial charge in [0.15, 0.2) is 5.76 Å². The van der Waals surface area contributed by atoms with Gasteiger partial charge >= 0.3 is 5.88 Å². The van der Waals surface area contributed by atoms with Crippen LogP contribution in [0, 0.1) is 10.1 Å². The predicted molar refractivity (Wildman–Crippen MR) is 94.1 cm³/mol. The van der Waals surface area contributed by atoms with Gasteiger partial charge in [0.25, 0.3) is 11.8 Å². The highest BCUT2D eigenvalue weighted by atomic mass is 16.6. The van der Waals surface area contributed by atoms with Crippen molar-refractivity contribution in [2.75, 3.05) is 18.4 Å². The lowest BCUT2D eigenvalue weighted by Gasteiger charge is -2.21. The van der Waals surface area contributed by atoms with Gasteiger partial charge in [0.05, 0.1) is 17.3 Å². The molecule has 0 spiro atoms. The van der Waals surface area contributed by atoms with Crippen LogP contribution in [0.2, 0.25) is 0 Å². The van der Waals surface area contributed by atoms with Crippen molar-refractivity contribution < 1.29 is 18.9 Å². The number of carbonyl (C=O) groups excluding carboxylic acids is 2. The van der Waals surface area contributed by atoms with E-state index >= 15 is 0 Å². The summed E-state index contributed by atoms with van der Waals surface area (Å²) < 4.78 is 4.91. The second kappa shape index (κ2) is 7.81. The first-order valence-corrected chi connectivity index (χ1v) is 8.50. The van der Waals surface area contributed by atoms with Gasteiger partial charge in [-0.2, -0.15) is 0 Å². The highest BCUT2D eigenvalue weighted by Crippen LogP contribution is 2.22. The predicted octanol–water partition coefficient (Wildman–Crippen LogP) is 3.46. The standard InChI is InChI=1S/C18H19N3O5/c22-17(15-9-10-16(26-15)21(24)25)19-14-8-4-3-7-13(14)18(23)20-11-5-1-2-6-12-20/h3-4,7-10H,1-2,5-6,11-12H2,(H,19,22). The van der Waals surface area contributed by atoms with Crippen LogP contribution in [0.5, 0.6) is 0 Å². The van der Waals surface area contributed by atoms with Crippen LogP contribution in [0.25, 0.3) is 0 Å². The molecule has 0 radical (unpaired) electrons. The zero-order chi connectivity index (χ0) is 18.5. The summed E-state index contributed by atoms with van der Waals surface area (Å²) in [5, 5.41) is 13.3. The van der Waals surface area contributed by atoms with Crippen LogP contribution in [0.15, 0.2) is 40.8 Å². The van der Waals surface area contributed by atoms with E-state index < -0.39 is 16.7 Å². The molecule has 0 unspecified atom stereocenters. The molecule has 1 fully saturated rings. The van der Waals surface area contributed by atoms with E-state index in [1.807, 2.05) is 0 Å². The molecule has 8 nitrogen and oxygen atoms in total. The lowest BCUT2D eigenvalue weighted by molar-refractivity contribution is -0.402. The molecule has 136 valence electrons. The maximum Gasteiger partial charge on any atom is 0.433 e. The number of hydrogen-bond acceptors (Lipinski definition) is 5. The van der Waals surface area contributed by atoms with E-state index in [0.29, 0.717) is 24.3 Å². The Bertz CT molecular complexity index is 822. The Balaban J connectivity index is 1.78. The highest BCUT2D eigenvalue weighted by molar-refractivity contribution is 6.08. The average Bonchev–Trinajstić information content (AvgIpc) is 2.98. The number of benzene rings is 1. The minimum atomic E-state index is -0.715. The summed E-state index contributed by atoms with van der Waals surface area (Å²) in [6.45, 7) is 1.40. The fourth-order valence-corrected chi connectivity index (χ4v) is 2.95. The van der Waals surface area contributed by atoms with Crippen molar-refractivity contribution in [1.29, 1.82) is 0 Å². The first-order chi connectivity index (χ1) is 12.6. The molecule has 2 amide bonds. The third kappa shape index (κ3) is 3.90. The number of nitrogens with one attached hydrogen (secondary N) is 1. The molecule has 0 bridgehead atoms. The van der Waals surface area contributed by atoms with Crippen molar-refractivity contribution in [2.24, 2.45) is 0 Å². The van der Waals surface area contributed by atoms with Crippen molar-refractivity contribution in [2.45, 2.75) is 25.7 Å². The highest BCUT2D eigenvalue weighted by Gasteiger charge is 2.22. The fraction of sp³-hybridized carbons (Fsp3) is 0.333. The van der Waals surface area contributed by atoms with Gasteiger partial charge in [-0.1, -0.05) is 25.0 Å². The second-order valence-electron chi connectivity index (χ2n) is 6.10. The summed E-state index contributed by atoms with van der Waals surface area (Å²) in [6.07, 6.45) is 4.16. The third-order valence-corrected chi connectivity index (χ3v) is 4.29. The van der Waals surface area contributed by atoms with Crippen LogP contribution in [0.4, 0.5) is 11.6 Å². The normalized spacial score (nSPS) is 14.5. The molecule has 2 aromatic rings. The molecule has 3 rings (SSSR count). The van der Waals surface area contributed by atoms with Crippen molar-refractivity contribution in [3.63, 3.8) is 0 Å². The van der Waals surface area contributed by atoms with Crippen LogP contribution in [-0.4, -0.2) is 34.7 Å². The molecule has 0 saturated carbocycles.